The molecule has 0 aliphatic carbocycles. The number of hydrogen-bond acceptors (Lipinski definition) is 2. The number of rotatable bonds is 2. The summed E-state index contributed by atoms with van der Waals surface area (Å²) in [4.78, 5) is 0. The Hall–Kier alpha value is -1.51. The van der Waals surface area contributed by atoms with Crippen LogP contribution in [0.1, 0.15) is 11.1 Å². The fourth-order valence-corrected chi connectivity index (χ4v) is 1.85. The molecule has 17 heavy (non-hydrogen) atoms. The highest BCUT2D eigenvalue weighted by Gasteiger charge is 2.08. The van der Waals surface area contributed by atoms with Crippen molar-refractivity contribution in [2.24, 2.45) is 10.9 Å². The molecule has 2 aromatic rings. The third-order valence-electron chi connectivity index (χ3n) is 2.37. The van der Waals surface area contributed by atoms with Crippen LogP contribution in [0.4, 0.5) is 0 Å². The van der Waals surface area contributed by atoms with Gasteiger partial charge in [0.15, 0.2) is 0 Å². The fraction of sp³-hybridized carbons (Fsp3) is 0. The van der Waals surface area contributed by atoms with Crippen molar-refractivity contribution in [3.05, 3.63) is 69.7 Å². The summed E-state index contributed by atoms with van der Waals surface area (Å²) in [6.45, 7) is 0. The lowest BCUT2D eigenvalue weighted by Gasteiger charge is -2.06. The zero-order chi connectivity index (χ0) is 12.3. The van der Waals surface area contributed by atoms with E-state index in [1.54, 1.807) is 12.1 Å². The minimum Gasteiger partial charge on any atom is -0.323 e. The van der Waals surface area contributed by atoms with E-state index in [9.17, 15) is 0 Å². The van der Waals surface area contributed by atoms with Gasteiger partial charge >= 0.3 is 0 Å². The first-order chi connectivity index (χ1) is 8.22. The molecule has 0 saturated heterocycles. The second-order valence-corrected chi connectivity index (χ2v) is 4.29. The van der Waals surface area contributed by atoms with Crippen LogP contribution in [0.5, 0.6) is 0 Å². The molecular formula is C13H10Cl2N2. The standard InChI is InChI=1S/C13H10Cl2N2/c14-11-7-6-10(8-12(11)15)13(17-16)9-4-2-1-3-5-9/h1-8H,16H2/b17-13+. The third kappa shape index (κ3) is 2.60. The van der Waals surface area contributed by atoms with Crippen LogP contribution in [0.25, 0.3) is 0 Å². The highest BCUT2D eigenvalue weighted by Crippen LogP contribution is 2.24. The summed E-state index contributed by atoms with van der Waals surface area (Å²) in [6, 6.07) is 15.0. The van der Waals surface area contributed by atoms with E-state index in [-0.39, 0.29) is 0 Å². The number of halogens is 2. The first-order valence-electron chi connectivity index (χ1n) is 5.01. The van der Waals surface area contributed by atoms with Crippen LogP contribution in [-0.2, 0) is 0 Å². The predicted molar refractivity (Wildman–Crippen MR) is 72.7 cm³/mol. The SMILES string of the molecule is N/N=C(\c1ccccc1)c1ccc(Cl)c(Cl)c1. The summed E-state index contributed by atoms with van der Waals surface area (Å²) in [6.07, 6.45) is 0. The molecule has 0 aliphatic rings. The zero-order valence-corrected chi connectivity index (χ0v) is 10.4. The Labute approximate surface area is 110 Å². The predicted octanol–water partition coefficient (Wildman–Crippen LogP) is 3.70. The Morgan fingerprint density at radius 1 is 0.882 bits per heavy atom. The molecule has 0 saturated carbocycles. The van der Waals surface area contributed by atoms with Crippen molar-refractivity contribution in [2.45, 2.75) is 0 Å². The lowest BCUT2D eigenvalue weighted by Crippen LogP contribution is -2.06. The van der Waals surface area contributed by atoms with Crippen molar-refractivity contribution < 1.29 is 0 Å². The maximum absolute atomic E-state index is 5.97. The van der Waals surface area contributed by atoms with Gasteiger partial charge in [-0.3, -0.25) is 0 Å². The Morgan fingerprint density at radius 3 is 2.18 bits per heavy atom. The number of hydrogen-bond donors (Lipinski definition) is 1. The number of nitrogens with two attached hydrogens (primary N) is 1. The normalized spacial score (nSPS) is 11.5. The average molecular weight is 265 g/mol. The molecule has 2 rings (SSSR count). The van der Waals surface area contributed by atoms with Crippen LogP contribution in [0.3, 0.4) is 0 Å². The molecule has 0 radical (unpaired) electrons. The van der Waals surface area contributed by atoms with Gasteiger partial charge in [0, 0.05) is 11.1 Å². The molecule has 0 fully saturated rings. The monoisotopic (exact) mass is 264 g/mol. The summed E-state index contributed by atoms with van der Waals surface area (Å²) in [5, 5.41) is 4.82. The molecule has 4 heteroatoms. The Kier molecular flexibility index (Phi) is 3.67. The van der Waals surface area contributed by atoms with Crippen LogP contribution in [0.2, 0.25) is 10.0 Å². The smallest absolute Gasteiger partial charge is 0.0971 e. The fourth-order valence-electron chi connectivity index (χ4n) is 1.56. The molecule has 2 N–H and O–H groups in total. The summed E-state index contributed by atoms with van der Waals surface area (Å²) < 4.78 is 0. The second kappa shape index (κ2) is 5.21. The van der Waals surface area contributed by atoms with Crippen LogP contribution < -0.4 is 5.84 Å². The Balaban J connectivity index is 2.47. The number of nitrogens with zero attached hydrogens (tertiary/aromatic N) is 1. The van der Waals surface area contributed by atoms with E-state index < -0.39 is 0 Å². The summed E-state index contributed by atoms with van der Waals surface area (Å²) >= 11 is 11.8. The van der Waals surface area contributed by atoms with Crippen LogP contribution in [-0.4, -0.2) is 5.71 Å². The van der Waals surface area contributed by atoms with Crippen molar-refractivity contribution in [3.8, 4) is 0 Å². The minimum atomic E-state index is 0.487. The van der Waals surface area contributed by atoms with Crippen LogP contribution in [0.15, 0.2) is 53.6 Å². The quantitative estimate of drug-likeness (QED) is 0.501. The molecule has 0 aliphatic heterocycles. The molecule has 86 valence electrons. The number of benzene rings is 2. The van der Waals surface area contributed by atoms with Crippen molar-refractivity contribution >= 4 is 28.9 Å². The molecule has 0 bridgehead atoms. The zero-order valence-electron chi connectivity index (χ0n) is 8.90. The summed E-state index contributed by atoms with van der Waals surface area (Å²) in [5.74, 6) is 5.44. The molecule has 0 unspecified atom stereocenters. The van der Waals surface area contributed by atoms with Gasteiger partial charge in [0.05, 0.1) is 15.8 Å². The first kappa shape index (κ1) is 12.0. The number of hydrazone groups is 1. The van der Waals surface area contributed by atoms with E-state index in [2.05, 4.69) is 5.10 Å². The van der Waals surface area contributed by atoms with Gasteiger partial charge < -0.3 is 5.84 Å². The van der Waals surface area contributed by atoms with Crippen molar-refractivity contribution in [1.29, 1.82) is 0 Å². The van der Waals surface area contributed by atoms with Crippen molar-refractivity contribution in [3.63, 3.8) is 0 Å². The largest absolute Gasteiger partial charge is 0.323 e. The van der Waals surface area contributed by atoms with Gasteiger partial charge in [-0.25, -0.2) is 0 Å². The average Bonchev–Trinajstić information content (AvgIpc) is 2.36. The Bertz CT molecular complexity index is 551. The molecule has 0 amide bonds. The van der Waals surface area contributed by atoms with Gasteiger partial charge in [-0.1, -0.05) is 59.6 Å². The van der Waals surface area contributed by atoms with E-state index in [1.165, 1.54) is 0 Å². The van der Waals surface area contributed by atoms with Crippen molar-refractivity contribution in [2.75, 3.05) is 0 Å². The van der Waals surface area contributed by atoms with E-state index in [0.717, 1.165) is 11.1 Å². The van der Waals surface area contributed by atoms with Crippen LogP contribution >= 0.6 is 23.2 Å². The molecule has 0 heterocycles. The van der Waals surface area contributed by atoms with Gasteiger partial charge in [-0.05, 0) is 12.1 Å². The van der Waals surface area contributed by atoms with Gasteiger partial charge in [0.2, 0.25) is 0 Å². The minimum absolute atomic E-state index is 0.487. The van der Waals surface area contributed by atoms with Crippen LogP contribution in [0, 0.1) is 0 Å². The molecule has 2 aromatic carbocycles. The third-order valence-corrected chi connectivity index (χ3v) is 3.11. The van der Waals surface area contributed by atoms with Crippen molar-refractivity contribution in [1.82, 2.24) is 0 Å². The van der Waals surface area contributed by atoms with E-state index in [4.69, 9.17) is 29.0 Å². The summed E-state index contributed by atoms with van der Waals surface area (Å²) in [5.41, 5.74) is 2.46. The topological polar surface area (TPSA) is 38.4 Å². The van der Waals surface area contributed by atoms with Gasteiger partial charge in [-0.2, -0.15) is 5.10 Å². The molecule has 0 atom stereocenters. The molecule has 0 aromatic heterocycles. The van der Waals surface area contributed by atoms with Gasteiger partial charge in [-0.15, -0.1) is 0 Å². The lowest BCUT2D eigenvalue weighted by molar-refractivity contribution is 1.24. The molecular weight excluding hydrogens is 255 g/mol. The second-order valence-electron chi connectivity index (χ2n) is 3.47. The van der Waals surface area contributed by atoms with E-state index in [1.807, 2.05) is 36.4 Å². The highest BCUT2D eigenvalue weighted by atomic mass is 35.5. The van der Waals surface area contributed by atoms with E-state index in [0.29, 0.717) is 15.8 Å². The highest BCUT2D eigenvalue weighted by molar-refractivity contribution is 6.42. The Morgan fingerprint density at radius 2 is 1.59 bits per heavy atom. The molecule has 0 spiro atoms. The summed E-state index contributed by atoms with van der Waals surface area (Å²) in [7, 11) is 0. The van der Waals surface area contributed by atoms with Gasteiger partial charge in [0.25, 0.3) is 0 Å². The lowest BCUT2D eigenvalue weighted by atomic mass is 10.0. The first-order valence-corrected chi connectivity index (χ1v) is 5.76. The maximum Gasteiger partial charge on any atom is 0.0971 e. The van der Waals surface area contributed by atoms with E-state index >= 15 is 0 Å². The maximum atomic E-state index is 5.97. The molecule has 2 nitrogen and oxygen atoms in total. The van der Waals surface area contributed by atoms with Gasteiger partial charge in [0.1, 0.15) is 0 Å².